The van der Waals surface area contributed by atoms with Crippen molar-refractivity contribution in [1.29, 1.82) is 0 Å². The second-order valence-corrected chi connectivity index (χ2v) is 2.74. The van der Waals surface area contributed by atoms with Gasteiger partial charge in [-0.05, 0) is 12.3 Å². The number of rotatable bonds is 5. The lowest BCUT2D eigenvalue weighted by molar-refractivity contribution is -0.143. The predicted molar refractivity (Wildman–Crippen MR) is 39.1 cm³/mol. The van der Waals surface area contributed by atoms with E-state index in [1.807, 2.05) is 0 Å². The SMILES string of the molecule is CC(CO)CC(CO)C(=O)O. The molecule has 0 rings (SSSR count). The van der Waals surface area contributed by atoms with Crippen molar-refractivity contribution in [3.63, 3.8) is 0 Å². The highest BCUT2D eigenvalue weighted by Crippen LogP contribution is 2.10. The number of aliphatic hydroxyl groups excluding tert-OH is 2. The molecule has 0 aliphatic heterocycles. The summed E-state index contributed by atoms with van der Waals surface area (Å²) < 4.78 is 0. The van der Waals surface area contributed by atoms with Crippen LogP contribution in [0.25, 0.3) is 0 Å². The molecule has 0 fully saturated rings. The van der Waals surface area contributed by atoms with Gasteiger partial charge in [-0.2, -0.15) is 0 Å². The van der Waals surface area contributed by atoms with E-state index in [1.54, 1.807) is 6.92 Å². The van der Waals surface area contributed by atoms with E-state index in [2.05, 4.69) is 0 Å². The van der Waals surface area contributed by atoms with Gasteiger partial charge >= 0.3 is 5.97 Å². The lowest BCUT2D eigenvalue weighted by Crippen LogP contribution is -2.21. The maximum absolute atomic E-state index is 10.3. The summed E-state index contributed by atoms with van der Waals surface area (Å²) in [5, 5.41) is 25.6. The van der Waals surface area contributed by atoms with Crippen molar-refractivity contribution in [2.24, 2.45) is 11.8 Å². The fourth-order valence-corrected chi connectivity index (χ4v) is 0.814. The van der Waals surface area contributed by atoms with Gasteiger partial charge in [-0.15, -0.1) is 0 Å². The number of aliphatic carboxylic acids is 1. The summed E-state index contributed by atoms with van der Waals surface area (Å²) in [4.78, 5) is 10.3. The average Bonchev–Trinajstić information content (AvgIpc) is 1.99. The maximum Gasteiger partial charge on any atom is 0.308 e. The standard InChI is InChI=1S/C7H14O4/c1-5(3-8)2-6(4-9)7(10)11/h5-6,8-9H,2-4H2,1H3,(H,10,11). The first-order valence-electron chi connectivity index (χ1n) is 3.56. The number of aliphatic hydroxyl groups is 2. The summed E-state index contributed by atoms with van der Waals surface area (Å²) >= 11 is 0. The van der Waals surface area contributed by atoms with E-state index in [0.29, 0.717) is 6.42 Å². The van der Waals surface area contributed by atoms with Crippen LogP contribution in [-0.4, -0.2) is 34.5 Å². The van der Waals surface area contributed by atoms with E-state index in [1.165, 1.54) is 0 Å². The predicted octanol–water partition coefficient (Wildman–Crippen LogP) is -0.302. The van der Waals surface area contributed by atoms with E-state index in [0.717, 1.165) is 0 Å². The first-order valence-corrected chi connectivity index (χ1v) is 3.56. The molecule has 0 heterocycles. The van der Waals surface area contributed by atoms with Crippen LogP contribution in [0.15, 0.2) is 0 Å². The summed E-state index contributed by atoms with van der Waals surface area (Å²) in [5.41, 5.74) is 0. The van der Waals surface area contributed by atoms with Crippen LogP contribution in [0.5, 0.6) is 0 Å². The van der Waals surface area contributed by atoms with Gasteiger partial charge in [0, 0.05) is 6.61 Å². The molecule has 2 unspecified atom stereocenters. The summed E-state index contributed by atoms with van der Waals surface area (Å²) in [6.45, 7) is 1.34. The Bertz CT molecular complexity index is 124. The summed E-state index contributed by atoms with van der Waals surface area (Å²) in [5.74, 6) is -1.81. The van der Waals surface area contributed by atoms with Crippen LogP contribution < -0.4 is 0 Å². The number of hydrogen-bond donors (Lipinski definition) is 3. The minimum atomic E-state index is -1.01. The van der Waals surface area contributed by atoms with Gasteiger partial charge in [-0.3, -0.25) is 4.79 Å². The number of carboxylic acid groups (broad SMARTS) is 1. The largest absolute Gasteiger partial charge is 0.481 e. The fourth-order valence-electron chi connectivity index (χ4n) is 0.814. The lowest BCUT2D eigenvalue weighted by Gasteiger charge is -2.12. The van der Waals surface area contributed by atoms with E-state index in [4.69, 9.17) is 15.3 Å². The van der Waals surface area contributed by atoms with Gasteiger partial charge in [0.25, 0.3) is 0 Å². The molecule has 3 N–H and O–H groups in total. The van der Waals surface area contributed by atoms with E-state index < -0.39 is 11.9 Å². The van der Waals surface area contributed by atoms with Crippen molar-refractivity contribution in [3.8, 4) is 0 Å². The van der Waals surface area contributed by atoms with Crippen molar-refractivity contribution in [2.75, 3.05) is 13.2 Å². The van der Waals surface area contributed by atoms with Crippen LogP contribution in [0.3, 0.4) is 0 Å². The van der Waals surface area contributed by atoms with Gasteiger partial charge in [-0.1, -0.05) is 6.92 Å². The zero-order valence-electron chi connectivity index (χ0n) is 6.53. The molecule has 0 saturated carbocycles. The first-order chi connectivity index (χ1) is 5.11. The molecule has 2 atom stereocenters. The number of hydrogen-bond acceptors (Lipinski definition) is 3. The van der Waals surface area contributed by atoms with Crippen LogP contribution in [0.4, 0.5) is 0 Å². The second kappa shape index (κ2) is 5.09. The molecule has 0 aliphatic carbocycles. The highest BCUT2D eigenvalue weighted by Gasteiger charge is 2.18. The Hall–Kier alpha value is -0.610. The van der Waals surface area contributed by atoms with E-state index in [-0.39, 0.29) is 19.1 Å². The monoisotopic (exact) mass is 162 g/mol. The Balaban J connectivity index is 3.77. The highest BCUT2D eigenvalue weighted by atomic mass is 16.4. The summed E-state index contributed by atoms with van der Waals surface area (Å²) in [6, 6.07) is 0. The third-order valence-corrected chi connectivity index (χ3v) is 1.57. The molecule has 0 bridgehead atoms. The molecule has 0 saturated heterocycles. The van der Waals surface area contributed by atoms with Crippen LogP contribution in [0.1, 0.15) is 13.3 Å². The smallest absolute Gasteiger partial charge is 0.308 e. The molecule has 0 aliphatic rings. The fraction of sp³-hybridized carbons (Fsp3) is 0.857. The van der Waals surface area contributed by atoms with E-state index >= 15 is 0 Å². The average molecular weight is 162 g/mol. The third kappa shape index (κ3) is 3.95. The molecule has 0 aromatic carbocycles. The highest BCUT2D eigenvalue weighted by molar-refractivity contribution is 5.70. The van der Waals surface area contributed by atoms with Crippen LogP contribution >= 0.6 is 0 Å². The van der Waals surface area contributed by atoms with Crippen molar-refractivity contribution in [2.45, 2.75) is 13.3 Å². The maximum atomic E-state index is 10.3. The molecule has 0 spiro atoms. The first kappa shape index (κ1) is 10.4. The minimum Gasteiger partial charge on any atom is -0.481 e. The van der Waals surface area contributed by atoms with Crippen molar-refractivity contribution >= 4 is 5.97 Å². The minimum absolute atomic E-state index is 0.0379. The summed E-state index contributed by atoms with van der Waals surface area (Å²) in [6.07, 6.45) is 0.322. The van der Waals surface area contributed by atoms with Gasteiger partial charge in [-0.25, -0.2) is 0 Å². The normalized spacial score (nSPS) is 15.9. The van der Waals surface area contributed by atoms with E-state index in [9.17, 15) is 4.79 Å². The Kier molecular flexibility index (Phi) is 4.81. The van der Waals surface area contributed by atoms with Crippen molar-refractivity contribution in [3.05, 3.63) is 0 Å². The number of carbonyl (C=O) groups is 1. The summed E-state index contributed by atoms with van der Waals surface area (Å²) in [7, 11) is 0. The molecule has 4 nitrogen and oxygen atoms in total. The molecule has 0 radical (unpaired) electrons. The molecule has 0 aromatic rings. The Morgan fingerprint density at radius 3 is 2.18 bits per heavy atom. The van der Waals surface area contributed by atoms with Crippen molar-refractivity contribution in [1.82, 2.24) is 0 Å². The van der Waals surface area contributed by atoms with Gasteiger partial charge in [0.05, 0.1) is 12.5 Å². The molecule has 11 heavy (non-hydrogen) atoms. The third-order valence-electron chi connectivity index (χ3n) is 1.57. The molecule has 4 heteroatoms. The topological polar surface area (TPSA) is 77.8 Å². The van der Waals surface area contributed by atoms with Gasteiger partial charge in [0.1, 0.15) is 0 Å². The quantitative estimate of drug-likeness (QED) is 0.518. The Morgan fingerprint density at radius 1 is 1.36 bits per heavy atom. The zero-order valence-corrected chi connectivity index (χ0v) is 6.53. The zero-order chi connectivity index (χ0) is 8.85. The van der Waals surface area contributed by atoms with Gasteiger partial charge < -0.3 is 15.3 Å². The molecule has 0 amide bonds. The van der Waals surface area contributed by atoms with Gasteiger partial charge in [0.2, 0.25) is 0 Å². The molecule has 66 valence electrons. The molecular weight excluding hydrogens is 148 g/mol. The van der Waals surface area contributed by atoms with Crippen LogP contribution in [-0.2, 0) is 4.79 Å². The van der Waals surface area contributed by atoms with Crippen molar-refractivity contribution < 1.29 is 20.1 Å². The van der Waals surface area contributed by atoms with Crippen LogP contribution in [0, 0.1) is 11.8 Å². The van der Waals surface area contributed by atoms with Gasteiger partial charge in [0.15, 0.2) is 0 Å². The van der Waals surface area contributed by atoms with Crippen LogP contribution in [0.2, 0.25) is 0 Å². The lowest BCUT2D eigenvalue weighted by atomic mass is 9.97. The molecular formula is C7H14O4. The Morgan fingerprint density at radius 2 is 1.91 bits per heavy atom. The second-order valence-electron chi connectivity index (χ2n) is 2.74. The molecule has 0 aromatic heterocycles. The number of carboxylic acids is 1. The Labute approximate surface area is 65.5 Å².